The van der Waals surface area contributed by atoms with E-state index in [2.05, 4.69) is 4.98 Å². The third-order valence-corrected chi connectivity index (χ3v) is 4.72. The van der Waals surface area contributed by atoms with Crippen LogP contribution in [0.4, 0.5) is 0 Å². The van der Waals surface area contributed by atoms with Crippen LogP contribution < -0.4 is 4.74 Å². The predicted molar refractivity (Wildman–Crippen MR) is 99.0 cm³/mol. The van der Waals surface area contributed by atoms with Crippen LogP contribution in [0.3, 0.4) is 0 Å². The van der Waals surface area contributed by atoms with Crippen LogP contribution in [0, 0.1) is 0 Å². The summed E-state index contributed by atoms with van der Waals surface area (Å²) in [5.74, 6) is 0.616. The Morgan fingerprint density at radius 1 is 1.12 bits per heavy atom. The lowest BCUT2D eigenvalue weighted by molar-refractivity contribution is 0.0928. The van der Waals surface area contributed by atoms with E-state index in [1.165, 1.54) is 0 Å². The van der Waals surface area contributed by atoms with Gasteiger partial charge in [0.05, 0.1) is 13.2 Å². The summed E-state index contributed by atoms with van der Waals surface area (Å²) in [4.78, 5) is 4.39. The highest BCUT2D eigenvalue weighted by Crippen LogP contribution is 2.41. The third-order valence-electron chi connectivity index (χ3n) is 4.47. The topological polar surface area (TPSA) is 51.6 Å². The fourth-order valence-electron chi connectivity index (χ4n) is 3.15. The molecule has 132 valence electrons. The Morgan fingerprint density at radius 2 is 1.88 bits per heavy atom. The van der Waals surface area contributed by atoms with E-state index in [1.54, 1.807) is 6.20 Å². The van der Waals surface area contributed by atoms with E-state index in [4.69, 9.17) is 21.1 Å². The summed E-state index contributed by atoms with van der Waals surface area (Å²) in [5, 5.41) is 10.3. The second kappa shape index (κ2) is 7.46. The molecule has 0 bridgehead atoms. The number of hydrogen-bond acceptors (Lipinski definition) is 4. The molecule has 5 heteroatoms. The lowest BCUT2D eigenvalue weighted by Crippen LogP contribution is -2.05. The summed E-state index contributed by atoms with van der Waals surface area (Å²) in [7, 11) is 0. The van der Waals surface area contributed by atoms with E-state index in [1.807, 2.05) is 54.6 Å². The van der Waals surface area contributed by atoms with Crippen LogP contribution in [0.25, 0.3) is 0 Å². The van der Waals surface area contributed by atoms with Gasteiger partial charge in [-0.25, -0.2) is 0 Å². The van der Waals surface area contributed by atoms with Gasteiger partial charge in [-0.1, -0.05) is 54.1 Å². The number of fused-ring (bicyclic) bond motifs is 1. The molecule has 1 aliphatic heterocycles. The molecule has 0 aliphatic carbocycles. The molecular formula is C21H18ClNO3. The SMILES string of the molecule is OCc1ncc2c(c1OCc1ccccc1)COC2c1ccc(Cl)cc1. The molecule has 1 atom stereocenters. The van der Waals surface area contributed by atoms with Crippen molar-refractivity contribution in [1.29, 1.82) is 0 Å². The van der Waals surface area contributed by atoms with Crippen molar-refractivity contribution in [2.75, 3.05) is 0 Å². The van der Waals surface area contributed by atoms with Gasteiger partial charge < -0.3 is 14.6 Å². The predicted octanol–water partition coefficient (Wildman–Crippen LogP) is 4.43. The van der Waals surface area contributed by atoms with Crippen molar-refractivity contribution in [3.05, 3.63) is 93.8 Å². The van der Waals surface area contributed by atoms with Gasteiger partial charge in [-0.05, 0) is 23.3 Å². The van der Waals surface area contributed by atoms with Crippen LogP contribution in [0.15, 0.2) is 60.8 Å². The van der Waals surface area contributed by atoms with E-state index in [0.717, 1.165) is 22.3 Å². The van der Waals surface area contributed by atoms with Gasteiger partial charge in [0.25, 0.3) is 0 Å². The molecule has 1 aliphatic rings. The van der Waals surface area contributed by atoms with Gasteiger partial charge in [-0.3, -0.25) is 4.98 Å². The van der Waals surface area contributed by atoms with E-state index in [0.29, 0.717) is 29.7 Å². The average Bonchev–Trinajstić information content (AvgIpc) is 3.11. The van der Waals surface area contributed by atoms with Crippen molar-refractivity contribution in [2.45, 2.75) is 25.9 Å². The Bertz CT molecular complexity index is 897. The van der Waals surface area contributed by atoms with Gasteiger partial charge in [0.2, 0.25) is 0 Å². The second-order valence-corrected chi connectivity index (χ2v) is 6.58. The van der Waals surface area contributed by atoms with Gasteiger partial charge in [0.15, 0.2) is 0 Å². The second-order valence-electron chi connectivity index (χ2n) is 6.14. The number of aromatic nitrogens is 1. The van der Waals surface area contributed by atoms with Gasteiger partial charge in [-0.2, -0.15) is 0 Å². The number of aliphatic hydroxyl groups excluding tert-OH is 1. The molecular weight excluding hydrogens is 350 g/mol. The van der Waals surface area contributed by atoms with Crippen LogP contribution in [0.5, 0.6) is 5.75 Å². The minimum atomic E-state index is -0.207. The molecule has 1 N–H and O–H groups in total. The zero-order chi connectivity index (χ0) is 17.9. The lowest BCUT2D eigenvalue weighted by Gasteiger charge is -2.15. The smallest absolute Gasteiger partial charge is 0.149 e. The molecule has 4 rings (SSSR count). The highest BCUT2D eigenvalue weighted by atomic mass is 35.5. The number of ether oxygens (including phenoxy) is 2. The molecule has 2 aromatic carbocycles. The van der Waals surface area contributed by atoms with Gasteiger partial charge in [-0.15, -0.1) is 0 Å². The number of pyridine rings is 1. The highest BCUT2D eigenvalue weighted by Gasteiger charge is 2.30. The molecule has 0 fully saturated rings. The van der Waals surface area contributed by atoms with Crippen LogP contribution in [0.2, 0.25) is 5.02 Å². The van der Waals surface area contributed by atoms with Crippen molar-refractivity contribution in [2.24, 2.45) is 0 Å². The summed E-state index contributed by atoms with van der Waals surface area (Å²) < 4.78 is 12.0. The van der Waals surface area contributed by atoms with Crippen molar-refractivity contribution in [3.63, 3.8) is 0 Å². The Labute approximate surface area is 157 Å². The number of aliphatic hydroxyl groups is 1. The number of halogens is 1. The van der Waals surface area contributed by atoms with Gasteiger partial charge >= 0.3 is 0 Å². The molecule has 0 saturated carbocycles. The first kappa shape index (κ1) is 17.0. The lowest BCUT2D eigenvalue weighted by atomic mass is 10.00. The maximum absolute atomic E-state index is 9.66. The summed E-state index contributed by atoms with van der Waals surface area (Å²) in [6.45, 7) is 0.656. The molecule has 4 nitrogen and oxygen atoms in total. The average molecular weight is 368 g/mol. The van der Waals surface area contributed by atoms with E-state index >= 15 is 0 Å². The molecule has 1 unspecified atom stereocenters. The number of nitrogens with zero attached hydrogens (tertiary/aromatic N) is 1. The van der Waals surface area contributed by atoms with E-state index in [-0.39, 0.29) is 12.7 Å². The first-order chi connectivity index (χ1) is 12.8. The fraction of sp³-hybridized carbons (Fsp3) is 0.190. The van der Waals surface area contributed by atoms with Crippen molar-refractivity contribution in [3.8, 4) is 5.75 Å². The molecule has 0 radical (unpaired) electrons. The molecule has 1 aromatic heterocycles. The fourth-order valence-corrected chi connectivity index (χ4v) is 3.27. The molecule has 0 amide bonds. The molecule has 3 aromatic rings. The normalized spacial score (nSPS) is 15.7. The van der Waals surface area contributed by atoms with E-state index < -0.39 is 0 Å². The summed E-state index contributed by atoms with van der Waals surface area (Å²) in [6.07, 6.45) is 1.56. The third kappa shape index (κ3) is 3.31. The summed E-state index contributed by atoms with van der Waals surface area (Å²) in [6, 6.07) is 17.5. The van der Waals surface area contributed by atoms with Gasteiger partial charge in [0.1, 0.15) is 24.2 Å². The maximum Gasteiger partial charge on any atom is 0.149 e. The highest BCUT2D eigenvalue weighted by molar-refractivity contribution is 6.30. The van der Waals surface area contributed by atoms with Crippen LogP contribution in [-0.2, 0) is 24.6 Å². The minimum absolute atomic E-state index is 0.178. The molecule has 0 saturated heterocycles. The number of hydrogen-bond donors (Lipinski definition) is 1. The minimum Gasteiger partial charge on any atom is -0.487 e. The standard InChI is InChI=1S/C21H18ClNO3/c22-16-8-6-15(7-9-16)20-17-10-23-19(11-24)21(18(17)13-26-20)25-12-14-4-2-1-3-5-14/h1-10,20,24H,11-13H2. The first-order valence-corrected chi connectivity index (χ1v) is 8.79. The quantitative estimate of drug-likeness (QED) is 0.725. The first-order valence-electron chi connectivity index (χ1n) is 8.41. The summed E-state index contributed by atoms with van der Waals surface area (Å²) >= 11 is 5.98. The van der Waals surface area contributed by atoms with E-state index in [9.17, 15) is 5.11 Å². The maximum atomic E-state index is 9.66. The Morgan fingerprint density at radius 3 is 2.62 bits per heavy atom. The largest absolute Gasteiger partial charge is 0.487 e. The number of rotatable bonds is 5. The Hall–Kier alpha value is -2.40. The van der Waals surface area contributed by atoms with Crippen molar-refractivity contribution < 1.29 is 14.6 Å². The Kier molecular flexibility index (Phi) is 4.89. The Balaban J connectivity index is 1.66. The zero-order valence-electron chi connectivity index (χ0n) is 14.1. The van der Waals surface area contributed by atoms with Crippen molar-refractivity contribution >= 4 is 11.6 Å². The molecule has 0 spiro atoms. The summed E-state index contributed by atoms with van der Waals surface area (Å²) in [5.41, 5.74) is 4.51. The zero-order valence-corrected chi connectivity index (χ0v) is 14.8. The van der Waals surface area contributed by atoms with Crippen molar-refractivity contribution in [1.82, 2.24) is 4.98 Å². The monoisotopic (exact) mass is 367 g/mol. The van der Waals surface area contributed by atoms with Crippen LogP contribution in [-0.4, -0.2) is 10.1 Å². The molecule has 2 heterocycles. The van der Waals surface area contributed by atoms with Crippen LogP contribution in [0.1, 0.15) is 34.1 Å². The van der Waals surface area contributed by atoms with Gasteiger partial charge in [0, 0.05) is 22.3 Å². The molecule has 26 heavy (non-hydrogen) atoms. The van der Waals surface area contributed by atoms with Crippen LogP contribution >= 0.6 is 11.6 Å². The number of benzene rings is 2.